The van der Waals surface area contributed by atoms with Gasteiger partial charge < -0.3 is 10.0 Å². The lowest BCUT2D eigenvalue weighted by Crippen LogP contribution is -2.41. The van der Waals surface area contributed by atoms with Gasteiger partial charge in [-0.15, -0.1) is 10.2 Å². The molecule has 1 aromatic heterocycles. The van der Waals surface area contributed by atoms with E-state index in [0.29, 0.717) is 25.3 Å². The zero-order valence-corrected chi connectivity index (χ0v) is 11.7. The molecule has 1 fully saturated rings. The highest BCUT2D eigenvalue weighted by atomic mass is 16.4. The van der Waals surface area contributed by atoms with E-state index in [4.69, 9.17) is 0 Å². The van der Waals surface area contributed by atoms with Crippen LogP contribution in [0.15, 0.2) is 4.79 Å². The molecule has 2 aliphatic rings. The summed E-state index contributed by atoms with van der Waals surface area (Å²) in [5.74, 6) is -0.0417. The molecule has 20 heavy (non-hydrogen) atoms. The molecule has 0 radical (unpaired) electrons. The Bertz CT molecular complexity index is 623. The van der Waals surface area contributed by atoms with Gasteiger partial charge in [0.2, 0.25) is 5.82 Å². The third kappa shape index (κ3) is 1.97. The Hall–Kier alpha value is -1.92. The molecular weight excluding hydrogens is 260 g/mol. The number of fused-ring (bicyclic) bond motifs is 1. The van der Waals surface area contributed by atoms with Crippen LogP contribution in [-0.2, 0) is 17.8 Å². The molecule has 0 aliphatic carbocycles. The van der Waals surface area contributed by atoms with Crippen molar-refractivity contribution in [1.29, 1.82) is 0 Å². The third-order valence-electron chi connectivity index (χ3n) is 4.07. The van der Waals surface area contributed by atoms with Gasteiger partial charge in [-0.2, -0.15) is 0 Å². The molecule has 0 saturated carbocycles. The fraction of sp³-hybridized carbons (Fsp3) is 0.692. The van der Waals surface area contributed by atoms with Gasteiger partial charge >= 0.3 is 5.97 Å². The molecule has 1 aromatic rings. The summed E-state index contributed by atoms with van der Waals surface area (Å²) in [5.41, 5.74) is -0.364. The quantitative estimate of drug-likeness (QED) is 0.835. The van der Waals surface area contributed by atoms with Gasteiger partial charge in [0.25, 0.3) is 5.56 Å². The van der Waals surface area contributed by atoms with E-state index in [1.807, 2.05) is 13.8 Å². The predicted octanol–water partition coefficient (Wildman–Crippen LogP) is 0.274. The second-order valence-corrected chi connectivity index (χ2v) is 6.35. The molecule has 3 heterocycles. The summed E-state index contributed by atoms with van der Waals surface area (Å²) in [7, 11) is 0. The molecule has 2 aliphatic heterocycles. The van der Waals surface area contributed by atoms with Gasteiger partial charge in [0.05, 0.1) is 0 Å². The molecule has 0 aromatic carbocycles. The van der Waals surface area contributed by atoms with Gasteiger partial charge in [-0.05, 0) is 18.3 Å². The zero-order valence-electron chi connectivity index (χ0n) is 11.7. The van der Waals surface area contributed by atoms with Crippen LogP contribution in [0.25, 0.3) is 0 Å². The average molecular weight is 278 g/mol. The van der Waals surface area contributed by atoms with Gasteiger partial charge in [0, 0.05) is 19.5 Å². The number of hydrogen-bond acceptors (Lipinski definition) is 5. The summed E-state index contributed by atoms with van der Waals surface area (Å²) in [6.07, 6.45) is 2.16. The van der Waals surface area contributed by atoms with Gasteiger partial charge in [0.1, 0.15) is 11.9 Å². The Morgan fingerprint density at radius 2 is 2.15 bits per heavy atom. The highest BCUT2D eigenvalue weighted by molar-refractivity contribution is 5.78. The van der Waals surface area contributed by atoms with E-state index >= 15 is 0 Å². The van der Waals surface area contributed by atoms with Gasteiger partial charge in [-0.1, -0.05) is 13.8 Å². The van der Waals surface area contributed by atoms with E-state index in [2.05, 4.69) is 10.2 Å². The lowest BCUT2D eigenvalue weighted by atomic mass is 9.91. The molecule has 1 N–H and O–H groups in total. The van der Waals surface area contributed by atoms with Crippen LogP contribution in [0, 0.1) is 5.41 Å². The Labute approximate surface area is 116 Å². The van der Waals surface area contributed by atoms with E-state index < -0.39 is 12.0 Å². The zero-order chi connectivity index (χ0) is 14.5. The van der Waals surface area contributed by atoms with Crippen molar-refractivity contribution in [2.24, 2.45) is 5.41 Å². The first kappa shape index (κ1) is 13.1. The molecule has 1 unspecified atom stereocenters. The van der Waals surface area contributed by atoms with Crippen molar-refractivity contribution in [3.05, 3.63) is 16.2 Å². The maximum Gasteiger partial charge on any atom is 0.326 e. The van der Waals surface area contributed by atoms with Crippen LogP contribution in [0.4, 0.5) is 5.82 Å². The fourth-order valence-electron chi connectivity index (χ4n) is 3.14. The van der Waals surface area contributed by atoms with E-state index in [1.165, 1.54) is 0 Å². The number of rotatable bonds is 2. The molecule has 1 atom stereocenters. The van der Waals surface area contributed by atoms with Crippen molar-refractivity contribution >= 4 is 11.8 Å². The third-order valence-corrected chi connectivity index (χ3v) is 4.07. The summed E-state index contributed by atoms with van der Waals surface area (Å²) >= 11 is 0. The summed E-state index contributed by atoms with van der Waals surface area (Å²) in [4.78, 5) is 25.5. The van der Waals surface area contributed by atoms with E-state index in [0.717, 1.165) is 12.8 Å². The number of aromatic nitrogens is 3. The first-order valence-electron chi connectivity index (χ1n) is 6.85. The number of carbonyl (C=O) groups is 1. The van der Waals surface area contributed by atoms with Crippen molar-refractivity contribution < 1.29 is 9.90 Å². The summed E-state index contributed by atoms with van der Waals surface area (Å²) in [6, 6.07) is -0.702. The maximum atomic E-state index is 12.5. The number of nitrogens with zero attached hydrogens (tertiary/aromatic N) is 4. The molecule has 7 nitrogen and oxygen atoms in total. The number of hydrogen-bond donors (Lipinski definition) is 1. The van der Waals surface area contributed by atoms with Gasteiger partial charge in [-0.3, -0.25) is 9.36 Å². The van der Waals surface area contributed by atoms with Crippen LogP contribution in [0.2, 0.25) is 0 Å². The van der Waals surface area contributed by atoms with Crippen molar-refractivity contribution in [2.45, 2.75) is 45.7 Å². The number of aliphatic carboxylic acids is 1. The number of aryl methyl sites for hydroxylation is 1. The minimum absolute atomic E-state index is 0.152. The highest BCUT2D eigenvalue weighted by Gasteiger charge is 2.43. The Kier molecular flexibility index (Phi) is 2.81. The SMILES string of the molecule is CC1(C)CC(C(=O)O)N(c2nnc3n(c2=O)CCC3)C1. The minimum atomic E-state index is -0.915. The first-order valence-corrected chi connectivity index (χ1v) is 6.85. The lowest BCUT2D eigenvalue weighted by molar-refractivity contribution is -0.138. The summed E-state index contributed by atoms with van der Waals surface area (Å²) in [5, 5.41) is 17.5. The van der Waals surface area contributed by atoms with Crippen LogP contribution >= 0.6 is 0 Å². The Morgan fingerprint density at radius 3 is 2.85 bits per heavy atom. The number of anilines is 1. The molecule has 7 heteroatoms. The smallest absolute Gasteiger partial charge is 0.326 e. The van der Waals surface area contributed by atoms with Gasteiger partial charge in [-0.25, -0.2) is 4.79 Å². The second kappa shape index (κ2) is 4.29. The van der Waals surface area contributed by atoms with Crippen LogP contribution in [0.1, 0.15) is 32.5 Å². The topological polar surface area (TPSA) is 88.3 Å². The largest absolute Gasteiger partial charge is 0.480 e. The normalized spacial score (nSPS) is 23.9. The van der Waals surface area contributed by atoms with Crippen LogP contribution in [0.5, 0.6) is 0 Å². The van der Waals surface area contributed by atoms with E-state index in [1.54, 1.807) is 9.47 Å². The predicted molar refractivity (Wildman–Crippen MR) is 71.8 cm³/mol. The number of carboxylic acid groups (broad SMARTS) is 1. The summed E-state index contributed by atoms with van der Waals surface area (Å²) < 4.78 is 1.62. The van der Waals surface area contributed by atoms with Crippen molar-refractivity contribution in [1.82, 2.24) is 14.8 Å². The molecule has 0 amide bonds. The van der Waals surface area contributed by atoms with Crippen LogP contribution < -0.4 is 10.5 Å². The molecule has 1 saturated heterocycles. The molecular formula is C13H18N4O3. The highest BCUT2D eigenvalue weighted by Crippen LogP contribution is 2.35. The molecule has 3 rings (SSSR count). The van der Waals surface area contributed by atoms with Crippen LogP contribution in [0.3, 0.4) is 0 Å². The van der Waals surface area contributed by atoms with Crippen molar-refractivity contribution in [2.75, 3.05) is 11.4 Å². The lowest BCUT2D eigenvalue weighted by Gasteiger charge is -2.22. The van der Waals surface area contributed by atoms with Gasteiger partial charge in [0.15, 0.2) is 0 Å². The first-order chi connectivity index (χ1) is 9.39. The van der Waals surface area contributed by atoms with Crippen molar-refractivity contribution in [3.8, 4) is 0 Å². The molecule has 0 spiro atoms. The monoisotopic (exact) mass is 278 g/mol. The Balaban J connectivity index is 2.04. The van der Waals surface area contributed by atoms with Crippen LogP contribution in [-0.4, -0.2) is 38.4 Å². The van der Waals surface area contributed by atoms with E-state index in [-0.39, 0.29) is 16.8 Å². The minimum Gasteiger partial charge on any atom is -0.480 e. The van der Waals surface area contributed by atoms with E-state index in [9.17, 15) is 14.7 Å². The Morgan fingerprint density at radius 1 is 1.40 bits per heavy atom. The molecule has 0 bridgehead atoms. The second-order valence-electron chi connectivity index (χ2n) is 6.35. The van der Waals surface area contributed by atoms with Crippen molar-refractivity contribution in [3.63, 3.8) is 0 Å². The number of carboxylic acids is 1. The average Bonchev–Trinajstić information content (AvgIpc) is 2.94. The summed E-state index contributed by atoms with van der Waals surface area (Å²) in [6.45, 7) is 5.15. The fourth-order valence-corrected chi connectivity index (χ4v) is 3.14. The standard InChI is InChI=1S/C13H18N4O3/c1-13(2)6-8(12(19)20)17(7-13)10-11(18)16-5-3-4-9(16)14-15-10/h8H,3-7H2,1-2H3,(H,19,20). The maximum absolute atomic E-state index is 12.5. The molecule has 108 valence electrons.